The number of carbonyl (C=O) groups is 1. The predicted molar refractivity (Wildman–Crippen MR) is 104 cm³/mol. The van der Waals surface area contributed by atoms with E-state index in [1.165, 1.54) is 7.05 Å². The van der Waals surface area contributed by atoms with Gasteiger partial charge in [0.1, 0.15) is 0 Å². The van der Waals surface area contributed by atoms with E-state index >= 15 is 0 Å². The zero-order valence-corrected chi connectivity index (χ0v) is 16.6. The molecule has 1 aromatic carbocycles. The van der Waals surface area contributed by atoms with Crippen LogP contribution in [0, 0.1) is 0 Å². The number of benzene rings is 1. The first-order valence-electron chi connectivity index (χ1n) is 8.41. The van der Waals surface area contributed by atoms with Gasteiger partial charge in [-0.15, -0.1) is 0 Å². The molecule has 0 aromatic heterocycles. The van der Waals surface area contributed by atoms with Gasteiger partial charge >= 0.3 is 6.09 Å². The average molecular weight is 385 g/mol. The van der Waals surface area contributed by atoms with E-state index in [1.54, 1.807) is 31.2 Å². The second-order valence-electron chi connectivity index (χ2n) is 5.99. The number of amides is 1. The van der Waals surface area contributed by atoms with Gasteiger partial charge in [0.2, 0.25) is 10.0 Å². The van der Waals surface area contributed by atoms with Crippen molar-refractivity contribution in [2.24, 2.45) is 5.10 Å². The highest BCUT2D eigenvalue weighted by Gasteiger charge is 2.24. The fourth-order valence-corrected chi connectivity index (χ4v) is 3.08. The van der Waals surface area contributed by atoms with Gasteiger partial charge in [0.25, 0.3) is 0 Å². The molecule has 0 atom stereocenters. The molecule has 0 heterocycles. The van der Waals surface area contributed by atoms with Gasteiger partial charge in [-0.3, -0.25) is 5.43 Å². The number of hydrogen-bond acceptors (Lipinski definition) is 7. The second-order valence-corrected chi connectivity index (χ2v) is 7.99. The van der Waals surface area contributed by atoms with Gasteiger partial charge in [-0.1, -0.05) is 12.1 Å². The van der Waals surface area contributed by atoms with Gasteiger partial charge in [-0.05, 0) is 58.1 Å². The van der Waals surface area contributed by atoms with Crippen LogP contribution < -0.4 is 5.43 Å². The molecule has 0 aliphatic heterocycles. The molecule has 1 amide bonds. The molecule has 0 saturated carbocycles. The van der Waals surface area contributed by atoms with Crippen LogP contribution in [-0.2, 0) is 20.5 Å². The number of sulfonamides is 1. The van der Waals surface area contributed by atoms with Gasteiger partial charge in [0.05, 0.1) is 18.0 Å². The second kappa shape index (κ2) is 10.8. The number of ether oxygens (including phenoxy) is 1. The summed E-state index contributed by atoms with van der Waals surface area (Å²) >= 11 is 0. The van der Waals surface area contributed by atoms with Gasteiger partial charge in [-0.25, -0.2) is 17.5 Å². The largest absolute Gasteiger partial charge is 0.449 e. The summed E-state index contributed by atoms with van der Waals surface area (Å²) < 4.78 is 29.7. The van der Waals surface area contributed by atoms with E-state index in [0.29, 0.717) is 9.87 Å². The number of carbonyl (C=O) groups excluding carboxylic acids is 1. The number of rotatable bonds is 10. The van der Waals surface area contributed by atoms with E-state index in [1.807, 2.05) is 20.3 Å². The standard InChI is InChI=1S/C17H28N4O4S/c1-5-25-17(22)21(4)26(23,24)14-15-8-10-16(11-9-15)19-18-12-6-7-13-20(2)3/h8-12,19H,5-7,13-14H2,1-4H3/b18-12+. The minimum absolute atomic E-state index is 0.120. The highest BCUT2D eigenvalue weighted by molar-refractivity contribution is 7.88. The summed E-state index contributed by atoms with van der Waals surface area (Å²) in [4.78, 5) is 13.7. The Morgan fingerprint density at radius 2 is 1.88 bits per heavy atom. The van der Waals surface area contributed by atoms with E-state index < -0.39 is 16.1 Å². The quantitative estimate of drug-likeness (QED) is 0.378. The number of anilines is 1. The zero-order valence-electron chi connectivity index (χ0n) is 15.8. The molecule has 1 aromatic rings. The smallest absolute Gasteiger partial charge is 0.423 e. The van der Waals surface area contributed by atoms with E-state index in [2.05, 4.69) is 15.4 Å². The Kier molecular flexibility index (Phi) is 9.08. The highest BCUT2D eigenvalue weighted by atomic mass is 32.2. The summed E-state index contributed by atoms with van der Waals surface area (Å²) in [5.74, 6) is -0.281. The SMILES string of the molecule is CCOC(=O)N(C)S(=O)(=O)Cc1ccc(N/N=C/CCCN(C)C)cc1. The molecule has 0 aliphatic carbocycles. The van der Waals surface area contributed by atoms with Crippen molar-refractivity contribution in [2.45, 2.75) is 25.5 Å². The molecule has 146 valence electrons. The summed E-state index contributed by atoms with van der Waals surface area (Å²) in [7, 11) is 1.47. The molecule has 0 fully saturated rings. The van der Waals surface area contributed by atoms with E-state index in [4.69, 9.17) is 4.74 Å². The zero-order chi connectivity index (χ0) is 19.6. The van der Waals surface area contributed by atoms with Gasteiger partial charge < -0.3 is 9.64 Å². The Morgan fingerprint density at radius 3 is 2.46 bits per heavy atom. The van der Waals surface area contributed by atoms with Crippen LogP contribution in [-0.4, -0.2) is 64.2 Å². The molecule has 0 bridgehead atoms. The van der Waals surface area contributed by atoms with Crippen LogP contribution in [0.3, 0.4) is 0 Å². The first-order chi connectivity index (χ1) is 12.3. The Morgan fingerprint density at radius 1 is 1.23 bits per heavy atom. The molecule has 0 unspecified atom stereocenters. The number of nitrogens with one attached hydrogen (secondary N) is 1. The van der Waals surface area contributed by atoms with Crippen molar-refractivity contribution >= 4 is 28.0 Å². The fourth-order valence-electron chi connectivity index (χ4n) is 1.99. The lowest BCUT2D eigenvalue weighted by molar-refractivity contribution is 0.136. The lowest BCUT2D eigenvalue weighted by atomic mass is 10.2. The molecule has 8 nitrogen and oxygen atoms in total. The number of nitrogens with zero attached hydrogens (tertiary/aromatic N) is 3. The summed E-state index contributed by atoms with van der Waals surface area (Å²) in [6, 6.07) is 6.85. The van der Waals surface area contributed by atoms with Crippen LogP contribution in [0.4, 0.5) is 10.5 Å². The van der Waals surface area contributed by atoms with Crippen LogP contribution in [0.5, 0.6) is 0 Å². The van der Waals surface area contributed by atoms with Crippen molar-refractivity contribution in [3.63, 3.8) is 0 Å². The van der Waals surface area contributed by atoms with Crippen LogP contribution in [0.2, 0.25) is 0 Å². The number of hydrogen-bond donors (Lipinski definition) is 1. The van der Waals surface area contributed by atoms with Crippen molar-refractivity contribution in [3.05, 3.63) is 29.8 Å². The van der Waals surface area contributed by atoms with E-state index in [-0.39, 0.29) is 12.4 Å². The van der Waals surface area contributed by atoms with Crippen molar-refractivity contribution in [1.29, 1.82) is 0 Å². The predicted octanol–water partition coefficient (Wildman–Crippen LogP) is 2.34. The third-order valence-corrected chi connectivity index (χ3v) is 5.15. The highest BCUT2D eigenvalue weighted by Crippen LogP contribution is 2.14. The maximum absolute atomic E-state index is 12.2. The first kappa shape index (κ1) is 21.9. The summed E-state index contributed by atoms with van der Waals surface area (Å²) in [6.07, 6.45) is 2.84. The lowest BCUT2D eigenvalue weighted by Gasteiger charge is -2.16. The first-order valence-corrected chi connectivity index (χ1v) is 10.0. The van der Waals surface area contributed by atoms with Crippen LogP contribution in [0.15, 0.2) is 29.4 Å². The molecule has 0 spiro atoms. The maximum Gasteiger partial charge on any atom is 0.423 e. The van der Waals surface area contributed by atoms with Crippen molar-refractivity contribution < 1.29 is 17.9 Å². The van der Waals surface area contributed by atoms with E-state index in [0.717, 1.165) is 25.1 Å². The number of unbranched alkanes of at least 4 members (excludes halogenated alkanes) is 1. The lowest BCUT2D eigenvalue weighted by Crippen LogP contribution is -2.34. The molecule has 0 aliphatic rings. The Labute approximate surface area is 155 Å². The number of hydrazone groups is 1. The normalized spacial score (nSPS) is 11.7. The average Bonchev–Trinajstić information content (AvgIpc) is 2.58. The molecule has 26 heavy (non-hydrogen) atoms. The van der Waals surface area contributed by atoms with Crippen molar-refractivity contribution in [2.75, 3.05) is 39.7 Å². The van der Waals surface area contributed by atoms with E-state index in [9.17, 15) is 13.2 Å². The Balaban J connectivity index is 2.54. The topological polar surface area (TPSA) is 91.3 Å². The molecule has 9 heteroatoms. The van der Waals surface area contributed by atoms with Crippen LogP contribution in [0.25, 0.3) is 0 Å². The Hall–Kier alpha value is -2.13. The van der Waals surface area contributed by atoms with Crippen molar-refractivity contribution in [3.8, 4) is 0 Å². The van der Waals surface area contributed by atoms with Crippen LogP contribution >= 0.6 is 0 Å². The van der Waals surface area contributed by atoms with Crippen LogP contribution in [0.1, 0.15) is 25.3 Å². The fraction of sp³-hybridized carbons (Fsp3) is 0.529. The summed E-state index contributed by atoms with van der Waals surface area (Å²) in [5, 5.41) is 4.13. The molecule has 0 saturated heterocycles. The monoisotopic (exact) mass is 384 g/mol. The third-order valence-electron chi connectivity index (χ3n) is 3.47. The van der Waals surface area contributed by atoms with Gasteiger partial charge in [0.15, 0.2) is 0 Å². The molecular formula is C17H28N4O4S. The molecule has 0 radical (unpaired) electrons. The van der Waals surface area contributed by atoms with Gasteiger partial charge in [0, 0.05) is 13.3 Å². The molecule has 1 rings (SSSR count). The molecule has 1 N–H and O–H groups in total. The third kappa shape index (κ3) is 7.83. The maximum atomic E-state index is 12.2. The summed E-state index contributed by atoms with van der Waals surface area (Å²) in [5.41, 5.74) is 4.23. The minimum atomic E-state index is -3.78. The Bertz CT molecular complexity index is 687. The summed E-state index contributed by atoms with van der Waals surface area (Å²) in [6.45, 7) is 2.75. The minimum Gasteiger partial charge on any atom is -0.449 e. The van der Waals surface area contributed by atoms with Gasteiger partial charge in [-0.2, -0.15) is 5.10 Å². The molecular weight excluding hydrogens is 356 g/mol. The van der Waals surface area contributed by atoms with Crippen molar-refractivity contribution in [1.82, 2.24) is 9.21 Å².